The van der Waals surface area contributed by atoms with Gasteiger partial charge in [-0.05, 0) is 0 Å². The summed E-state index contributed by atoms with van der Waals surface area (Å²) in [5.41, 5.74) is -0.184. The highest BCUT2D eigenvalue weighted by Gasteiger charge is 2.26. The number of amidine groups is 1. The first-order chi connectivity index (χ1) is 8.75. The fourth-order valence-electron chi connectivity index (χ4n) is 0.954. The van der Waals surface area contributed by atoms with Gasteiger partial charge in [-0.2, -0.15) is 13.1 Å². The average molecular weight is 331 g/mol. The summed E-state index contributed by atoms with van der Waals surface area (Å²) in [5.74, 6) is -1.19. The Labute approximate surface area is 118 Å². The van der Waals surface area contributed by atoms with Gasteiger partial charge in [0, 0.05) is 0 Å². The second kappa shape index (κ2) is 6.19. The Kier molecular flexibility index (Phi) is 5.11. The van der Waals surface area contributed by atoms with Crippen LogP contribution in [0.3, 0.4) is 0 Å². The Morgan fingerprint density at radius 3 is 2.58 bits per heavy atom. The number of urea groups is 1. The van der Waals surface area contributed by atoms with Crippen molar-refractivity contribution in [1.82, 2.24) is 15.4 Å². The Bertz CT molecular complexity index is 566. The zero-order chi connectivity index (χ0) is 14.6. The van der Waals surface area contributed by atoms with Gasteiger partial charge in [-0.15, -0.1) is 4.40 Å². The SMILES string of the molecule is COC(=O)CNS(=O)(=O)/N=C1\NC(=O)NC1=C(Cl)Cl. The number of halogens is 2. The van der Waals surface area contributed by atoms with Crippen LogP contribution >= 0.6 is 23.2 Å². The number of esters is 1. The number of carbonyl (C=O) groups is 2. The van der Waals surface area contributed by atoms with E-state index in [-0.39, 0.29) is 16.0 Å². The van der Waals surface area contributed by atoms with Crippen molar-refractivity contribution in [3.05, 3.63) is 10.2 Å². The monoisotopic (exact) mass is 330 g/mol. The van der Waals surface area contributed by atoms with Gasteiger partial charge in [-0.25, -0.2) is 4.79 Å². The number of ether oxygens (including phenoxy) is 1. The predicted molar refractivity (Wildman–Crippen MR) is 66.8 cm³/mol. The van der Waals surface area contributed by atoms with Crippen molar-refractivity contribution in [2.75, 3.05) is 13.7 Å². The van der Waals surface area contributed by atoms with Crippen molar-refractivity contribution in [3.63, 3.8) is 0 Å². The maximum absolute atomic E-state index is 11.5. The maximum atomic E-state index is 11.5. The molecule has 0 spiro atoms. The van der Waals surface area contributed by atoms with Crippen molar-refractivity contribution in [2.24, 2.45) is 4.40 Å². The van der Waals surface area contributed by atoms with E-state index in [0.29, 0.717) is 0 Å². The number of nitrogens with one attached hydrogen (secondary N) is 3. The van der Waals surface area contributed by atoms with E-state index in [1.54, 1.807) is 0 Å². The first kappa shape index (κ1) is 15.7. The number of methoxy groups -OCH3 is 1. The van der Waals surface area contributed by atoms with E-state index in [0.717, 1.165) is 7.11 Å². The molecule has 0 aromatic heterocycles. The van der Waals surface area contributed by atoms with E-state index < -0.39 is 28.8 Å². The van der Waals surface area contributed by atoms with Gasteiger partial charge in [0.1, 0.15) is 16.7 Å². The lowest BCUT2D eigenvalue weighted by molar-refractivity contribution is -0.139. The topological polar surface area (TPSA) is 126 Å². The third-order valence-electron chi connectivity index (χ3n) is 1.73. The second-order valence-corrected chi connectivity index (χ2v) is 5.40. The van der Waals surface area contributed by atoms with Gasteiger partial charge >= 0.3 is 22.2 Å². The molecule has 0 radical (unpaired) electrons. The fraction of sp³-hybridized carbons (Fsp3) is 0.286. The minimum Gasteiger partial charge on any atom is -0.468 e. The molecule has 1 saturated heterocycles. The van der Waals surface area contributed by atoms with Crippen molar-refractivity contribution in [3.8, 4) is 0 Å². The van der Waals surface area contributed by atoms with E-state index in [4.69, 9.17) is 23.2 Å². The fourth-order valence-corrected chi connectivity index (χ4v) is 1.97. The van der Waals surface area contributed by atoms with Gasteiger partial charge in [0.15, 0.2) is 5.84 Å². The minimum absolute atomic E-state index is 0.184. The quantitative estimate of drug-likeness (QED) is 0.590. The molecular weight excluding hydrogens is 323 g/mol. The molecule has 3 N–H and O–H groups in total. The molecule has 0 bridgehead atoms. The summed E-state index contributed by atoms with van der Waals surface area (Å²) < 4.78 is 31.9. The highest BCUT2D eigenvalue weighted by molar-refractivity contribution is 7.88. The van der Waals surface area contributed by atoms with Crippen molar-refractivity contribution < 1.29 is 22.7 Å². The summed E-state index contributed by atoms with van der Waals surface area (Å²) in [6.45, 7) is -0.607. The number of hydrogen-bond acceptors (Lipinski definition) is 5. The molecular formula is C7H8Cl2N4O5S. The van der Waals surface area contributed by atoms with Crippen molar-refractivity contribution in [1.29, 1.82) is 0 Å². The van der Waals surface area contributed by atoms with Crippen LogP contribution < -0.4 is 15.4 Å². The van der Waals surface area contributed by atoms with E-state index in [9.17, 15) is 18.0 Å². The largest absolute Gasteiger partial charge is 0.468 e. The number of nitrogens with zero attached hydrogens (tertiary/aromatic N) is 1. The van der Waals surface area contributed by atoms with E-state index in [1.807, 2.05) is 4.72 Å². The first-order valence-electron chi connectivity index (χ1n) is 4.55. The van der Waals surface area contributed by atoms with Gasteiger partial charge < -0.3 is 10.1 Å². The first-order valence-corrected chi connectivity index (χ1v) is 6.75. The lowest BCUT2D eigenvalue weighted by Gasteiger charge is -2.02. The van der Waals surface area contributed by atoms with Crippen LogP contribution in [0.5, 0.6) is 0 Å². The summed E-state index contributed by atoms with van der Waals surface area (Å²) in [7, 11) is -3.13. The Hall–Kier alpha value is -1.36. The summed E-state index contributed by atoms with van der Waals surface area (Å²) >= 11 is 10.9. The average Bonchev–Trinajstić information content (AvgIpc) is 2.66. The van der Waals surface area contributed by atoms with Crippen LogP contribution in [-0.2, 0) is 19.7 Å². The molecule has 1 heterocycles. The summed E-state index contributed by atoms with van der Waals surface area (Å²) in [6, 6.07) is -0.740. The minimum atomic E-state index is -4.23. The molecule has 1 aliphatic rings. The Balaban J connectivity index is 2.91. The van der Waals surface area contributed by atoms with Gasteiger partial charge in [0.05, 0.1) is 7.11 Å². The zero-order valence-electron chi connectivity index (χ0n) is 9.36. The van der Waals surface area contributed by atoms with Crippen LogP contribution in [-0.4, -0.2) is 39.9 Å². The van der Waals surface area contributed by atoms with Crippen LogP contribution in [0.2, 0.25) is 0 Å². The van der Waals surface area contributed by atoms with E-state index >= 15 is 0 Å². The van der Waals surface area contributed by atoms with Crippen LogP contribution in [0, 0.1) is 0 Å². The van der Waals surface area contributed by atoms with Gasteiger partial charge in [-0.1, -0.05) is 23.2 Å². The van der Waals surface area contributed by atoms with Crippen LogP contribution in [0.15, 0.2) is 14.6 Å². The smallest absolute Gasteiger partial charge is 0.325 e. The van der Waals surface area contributed by atoms with Crippen molar-refractivity contribution >= 4 is 51.2 Å². The molecule has 0 aromatic carbocycles. The maximum Gasteiger partial charge on any atom is 0.325 e. The molecule has 0 aromatic rings. The van der Waals surface area contributed by atoms with E-state index in [1.165, 1.54) is 0 Å². The summed E-state index contributed by atoms with van der Waals surface area (Å²) in [4.78, 5) is 21.8. The highest BCUT2D eigenvalue weighted by atomic mass is 35.5. The van der Waals surface area contributed by atoms with Gasteiger partial charge in [-0.3, -0.25) is 10.1 Å². The molecule has 2 amide bonds. The zero-order valence-corrected chi connectivity index (χ0v) is 11.7. The van der Waals surface area contributed by atoms with Crippen LogP contribution in [0.1, 0.15) is 0 Å². The molecule has 106 valence electrons. The molecule has 1 aliphatic heterocycles. The number of carbonyl (C=O) groups excluding carboxylic acids is 2. The molecule has 0 saturated carbocycles. The number of hydrogen-bond donors (Lipinski definition) is 3. The van der Waals surface area contributed by atoms with Crippen LogP contribution in [0.25, 0.3) is 0 Å². The van der Waals surface area contributed by atoms with Gasteiger partial charge in [0.25, 0.3) is 0 Å². The normalized spacial score (nSPS) is 17.1. The highest BCUT2D eigenvalue weighted by Crippen LogP contribution is 2.15. The molecule has 0 aliphatic carbocycles. The molecule has 1 fully saturated rings. The summed E-state index contributed by atoms with van der Waals surface area (Å²) in [5, 5.41) is 4.23. The number of rotatable bonds is 4. The standard InChI is InChI=1S/C7H8Cl2N4O5S/c1-18-3(14)2-10-19(16,17)13-6-4(5(8)9)11-7(15)12-6/h10H,2H2,1H3,(H2,11,12,13,15). The van der Waals surface area contributed by atoms with Crippen molar-refractivity contribution in [2.45, 2.75) is 0 Å². The third-order valence-corrected chi connectivity index (χ3v) is 3.04. The summed E-state index contributed by atoms with van der Waals surface area (Å²) in [6.07, 6.45) is 0. The lowest BCUT2D eigenvalue weighted by atomic mass is 10.5. The Morgan fingerprint density at radius 1 is 1.42 bits per heavy atom. The number of amides is 2. The molecule has 9 nitrogen and oxygen atoms in total. The predicted octanol–water partition coefficient (Wildman–Crippen LogP) is -0.648. The molecule has 1 rings (SSSR count). The third kappa shape index (κ3) is 4.67. The van der Waals surface area contributed by atoms with E-state index in [2.05, 4.69) is 19.8 Å². The lowest BCUT2D eigenvalue weighted by Crippen LogP contribution is -2.31. The van der Waals surface area contributed by atoms with Gasteiger partial charge in [0.2, 0.25) is 0 Å². The molecule has 19 heavy (non-hydrogen) atoms. The second-order valence-electron chi connectivity index (χ2n) is 3.03. The van der Waals surface area contributed by atoms with Crippen LogP contribution in [0.4, 0.5) is 4.79 Å². The Morgan fingerprint density at radius 2 is 2.05 bits per heavy atom. The molecule has 0 unspecified atom stereocenters. The molecule has 12 heteroatoms. The molecule has 0 atom stereocenters.